The van der Waals surface area contributed by atoms with Crippen molar-refractivity contribution in [3.05, 3.63) is 35.4 Å². The molecule has 1 aromatic rings. The molecule has 0 atom stereocenters. The van der Waals surface area contributed by atoms with Crippen molar-refractivity contribution in [2.24, 2.45) is 0 Å². The number of hydrogen-bond donors (Lipinski definition) is 1. The maximum atomic E-state index is 12.6. The number of benzene rings is 1. The molecule has 0 aliphatic heterocycles. The van der Waals surface area contributed by atoms with Crippen molar-refractivity contribution < 1.29 is 19.5 Å². The SMILES string of the molecule is CCCN(CCC)C(=O)c1cccc(C(=O)N(C)CCC(=O)O)c1. The molecule has 0 saturated heterocycles. The average molecular weight is 334 g/mol. The van der Waals surface area contributed by atoms with Gasteiger partial charge in [-0.15, -0.1) is 0 Å². The number of rotatable bonds is 9. The van der Waals surface area contributed by atoms with Gasteiger partial charge in [-0.25, -0.2) is 0 Å². The third-order valence-corrected chi connectivity index (χ3v) is 3.64. The largest absolute Gasteiger partial charge is 0.481 e. The first-order valence-electron chi connectivity index (χ1n) is 8.27. The highest BCUT2D eigenvalue weighted by molar-refractivity contribution is 5.99. The molecule has 0 heterocycles. The molecule has 132 valence electrons. The molecule has 0 aromatic heterocycles. The second-order valence-corrected chi connectivity index (χ2v) is 5.74. The van der Waals surface area contributed by atoms with E-state index in [0.29, 0.717) is 24.2 Å². The molecule has 24 heavy (non-hydrogen) atoms. The topological polar surface area (TPSA) is 77.9 Å². The van der Waals surface area contributed by atoms with Gasteiger partial charge in [0.25, 0.3) is 11.8 Å². The van der Waals surface area contributed by atoms with E-state index in [0.717, 1.165) is 12.8 Å². The van der Waals surface area contributed by atoms with Crippen LogP contribution in [0.15, 0.2) is 24.3 Å². The van der Waals surface area contributed by atoms with Crippen LogP contribution in [0.3, 0.4) is 0 Å². The monoisotopic (exact) mass is 334 g/mol. The molecule has 0 aliphatic carbocycles. The fraction of sp³-hybridized carbons (Fsp3) is 0.500. The summed E-state index contributed by atoms with van der Waals surface area (Å²) in [6, 6.07) is 6.61. The Balaban J connectivity index is 2.90. The van der Waals surface area contributed by atoms with Gasteiger partial charge in [-0.2, -0.15) is 0 Å². The van der Waals surface area contributed by atoms with Crippen LogP contribution in [0.5, 0.6) is 0 Å². The Bertz CT molecular complexity index is 580. The van der Waals surface area contributed by atoms with Crippen molar-refractivity contribution in [3.8, 4) is 0 Å². The second kappa shape index (κ2) is 9.70. The number of nitrogens with zero attached hydrogens (tertiary/aromatic N) is 2. The lowest BCUT2D eigenvalue weighted by molar-refractivity contribution is -0.137. The van der Waals surface area contributed by atoms with Crippen LogP contribution in [0.25, 0.3) is 0 Å². The molecule has 0 radical (unpaired) electrons. The minimum Gasteiger partial charge on any atom is -0.481 e. The Kier molecular flexibility index (Phi) is 7.95. The Labute approximate surface area is 143 Å². The van der Waals surface area contributed by atoms with E-state index in [1.165, 1.54) is 4.90 Å². The van der Waals surface area contributed by atoms with Crippen LogP contribution in [0, 0.1) is 0 Å². The molecule has 0 fully saturated rings. The van der Waals surface area contributed by atoms with E-state index in [1.807, 2.05) is 13.8 Å². The number of amides is 2. The summed E-state index contributed by atoms with van der Waals surface area (Å²) in [5, 5.41) is 8.71. The zero-order valence-corrected chi connectivity index (χ0v) is 14.6. The predicted octanol–water partition coefficient (Wildman–Crippen LogP) is 2.50. The summed E-state index contributed by atoms with van der Waals surface area (Å²) in [4.78, 5) is 38.7. The number of aliphatic carboxylic acids is 1. The van der Waals surface area contributed by atoms with Crippen molar-refractivity contribution in [3.63, 3.8) is 0 Å². The molecular weight excluding hydrogens is 308 g/mol. The van der Waals surface area contributed by atoms with Crippen molar-refractivity contribution >= 4 is 17.8 Å². The summed E-state index contributed by atoms with van der Waals surface area (Å²) in [7, 11) is 1.56. The third kappa shape index (κ3) is 5.68. The normalized spacial score (nSPS) is 10.3. The highest BCUT2D eigenvalue weighted by Gasteiger charge is 2.18. The molecule has 2 amide bonds. The van der Waals surface area contributed by atoms with E-state index in [4.69, 9.17) is 5.11 Å². The molecular formula is C18H26N2O4. The fourth-order valence-corrected chi connectivity index (χ4v) is 2.41. The molecule has 0 saturated carbocycles. The number of carbonyl (C=O) groups is 3. The Morgan fingerprint density at radius 1 is 0.958 bits per heavy atom. The van der Waals surface area contributed by atoms with Crippen LogP contribution in [0.1, 0.15) is 53.8 Å². The molecule has 0 spiro atoms. The first-order valence-corrected chi connectivity index (χ1v) is 8.27. The fourth-order valence-electron chi connectivity index (χ4n) is 2.41. The van der Waals surface area contributed by atoms with E-state index >= 15 is 0 Å². The first kappa shape index (κ1) is 19.7. The van der Waals surface area contributed by atoms with Gasteiger partial charge in [-0.1, -0.05) is 19.9 Å². The quantitative estimate of drug-likeness (QED) is 0.752. The first-order chi connectivity index (χ1) is 11.4. The summed E-state index contributed by atoms with van der Waals surface area (Å²) in [5.74, 6) is -1.32. The molecule has 1 aromatic carbocycles. The average Bonchev–Trinajstić information content (AvgIpc) is 2.58. The Morgan fingerprint density at radius 2 is 1.50 bits per heavy atom. The van der Waals surface area contributed by atoms with Crippen molar-refractivity contribution in [2.45, 2.75) is 33.1 Å². The summed E-state index contributed by atoms with van der Waals surface area (Å²) < 4.78 is 0. The molecule has 6 heteroatoms. The van der Waals surface area contributed by atoms with Crippen molar-refractivity contribution in [2.75, 3.05) is 26.7 Å². The van der Waals surface area contributed by atoms with Gasteiger partial charge < -0.3 is 14.9 Å². The van der Waals surface area contributed by atoms with E-state index in [-0.39, 0.29) is 24.8 Å². The van der Waals surface area contributed by atoms with Gasteiger partial charge in [0.05, 0.1) is 6.42 Å². The van der Waals surface area contributed by atoms with Crippen LogP contribution in [0.4, 0.5) is 0 Å². The lowest BCUT2D eigenvalue weighted by Crippen LogP contribution is -2.33. The lowest BCUT2D eigenvalue weighted by Gasteiger charge is -2.22. The van der Waals surface area contributed by atoms with Crippen LogP contribution in [-0.2, 0) is 4.79 Å². The van der Waals surface area contributed by atoms with Crippen LogP contribution < -0.4 is 0 Å². The van der Waals surface area contributed by atoms with Crippen LogP contribution >= 0.6 is 0 Å². The summed E-state index contributed by atoms with van der Waals surface area (Å²) >= 11 is 0. The van der Waals surface area contributed by atoms with E-state index in [2.05, 4.69) is 0 Å². The number of carbonyl (C=O) groups excluding carboxylic acids is 2. The van der Waals surface area contributed by atoms with E-state index < -0.39 is 5.97 Å². The second-order valence-electron chi connectivity index (χ2n) is 5.74. The van der Waals surface area contributed by atoms with Crippen LogP contribution in [-0.4, -0.2) is 59.4 Å². The molecule has 0 aliphatic rings. The highest BCUT2D eigenvalue weighted by Crippen LogP contribution is 2.12. The van der Waals surface area contributed by atoms with Gasteiger partial charge in [0.1, 0.15) is 0 Å². The van der Waals surface area contributed by atoms with Gasteiger partial charge in [-0.3, -0.25) is 14.4 Å². The minimum atomic E-state index is -0.951. The van der Waals surface area contributed by atoms with E-state index in [1.54, 1.807) is 36.2 Å². The molecule has 1 rings (SSSR count). The summed E-state index contributed by atoms with van der Waals surface area (Å²) in [5.41, 5.74) is 0.871. The standard InChI is InChI=1S/C18H26N2O4/c1-4-10-20(11-5-2)18(24)15-8-6-7-14(13-15)17(23)19(3)12-9-16(21)22/h6-8,13H,4-5,9-12H2,1-3H3,(H,21,22). The van der Waals surface area contributed by atoms with Crippen molar-refractivity contribution in [1.82, 2.24) is 9.80 Å². The van der Waals surface area contributed by atoms with E-state index in [9.17, 15) is 14.4 Å². The summed E-state index contributed by atoms with van der Waals surface area (Å²) in [6.45, 7) is 5.54. The summed E-state index contributed by atoms with van der Waals surface area (Å²) in [6.07, 6.45) is 1.65. The Hall–Kier alpha value is -2.37. The smallest absolute Gasteiger partial charge is 0.305 e. The van der Waals surface area contributed by atoms with Gasteiger partial charge in [0, 0.05) is 37.8 Å². The van der Waals surface area contributed by atoms with Gasteiger partial charge in [0.2, 0.25) is 0 Å². The minimum absolute atomic E-state index is 0.0819. The molecule has 6 nitrogen and oxygen atoms in total. The number of carboxylic acids is 1. The van der Waals surface area contributed by atoms with Gasteiger partial charge in [0.15, 0.2) is 0 Å². The molecule has 0 bridgehead atoms. The predicted molar refractivity (Wildman–Crippen MR) is 92.1 cm³/mol. The number of carboxylic acid groups (broad SMARTS) is 1. The Morgan fingerprint density at radius 3 is 2.00 bits per heavy atom. The van der Waals surface area contributed by atoms with Gasteiger partial charge in [-0.05, 0) is 31.0 Å². The van der Waals surface area contributed by atoms with Gasteiger partial charge >= 0.3 is 5.97 Å². The highest BCUT2D eigenvalue weighted by atomic mass is 16.4. The lowest BCUT2D eigenvalue weighted by atomic mass is 10.1. The zero-order chi connectivity index (χ0) is 18.1. The third-order valence-electron chi connectivity index (χ3n) is 3.64. The maximum absolute atomic E-state index is 12.6. The molecule has 1 N–H and O–H groups in total. The van der Waals surface area contributed by atoms with Crippen LogP contribution in [0.2, 0.25) is 0 Å². The van der Waals surface area contributed by atoms with Crippen molar-refractivity contribution in [1.29, 1.82) is 0 Å². The maximum Gasteiger partial charge on any atom is 0.305 e. The molecule has 0 unspecified atom stereocenters. The number of hydrogen-bond acceptors (Lipinski definition) is 3. The zero-order valence-electron chi connectivity index (χ0n) is 14.6.